The topological polar surface area (TPSA) is 77.7 Å². The molecule has 6 nitrogen and oxygen atoms in total. The molecule has 2 aromatic rings. The van der Waals surface area contributed by atoms with Crippen molar-refractivity contribution in [3.63, 3.8) is 0 Å². The zero-order chi connectivity index (χ0) is 17.4. The highest BCUT2D eigenvalue weighted by Crippen LogP contribution is 2.36. The number of rotatable bonds is 3. The highest BCUT2D eigenvalue weighted by Gasteiger charge is 2.27. The van der Waals surface area contributed by atoms with Gasteiger partial charge in [-0.2, -0.15) is 0 Å². The van der Waals surface area contributed by atoms with Crippen LogP contribution in [0.1, 0.15) is 30.3 Å². The number of amides is 1. The molecule has 1 aromatic heterocycles. The fraction of sp³-hybridized carbons (Fsp3) is 0.444. The average molecular weight is 359 g/mol. The van der Waals surface area contributed by atoms with E-state index in [1.807, 2.05) is 35.4 Å². The third-order valence-electron chi connectivity index (χ3n) is 4.91. The van der Waals surface area contributed by atoms with Crippen LogP contribution in [0.25, 0.3) is 10.6 Å². The Morgan fingerprint density at radius 2 is 2.08 bits per heavy atom. The van der Waals surface area contributed by atoms with Gasteiger partial charge >= 0.3 is 0 Å². The Hall–Kier alpha value is -2.12. The van der Waals surface area contributed by atoms with E-state index in [0.717, 1.165) is 48.0 Å². The number of hydrogen-bond acceptors (Lipinski definition) is 6. The first-order valence-corrected chi connectivity index (χ1v) is 9.40. The van der Waals surface area contributed by atoms with Crippen LogP contribution in [-0.2, 0) is 0 Å². The minimum absolute atomic E-state index is 0.00590. The van der Waals surface area contributed by atoms with Gasteiger partial charge in [-0.15, -0.1) is 11.3 Å². The third kappa shape index (κ3) is 3.21. The standard InChI is InChI=1S/C18H21N3O3S/c1-11(19)12-4-6-21(7-5-12)18(22)14-9-25-17(20-14)13-2-3-15-16(8-13)24-10-23-15/h2-3,8-9,11-12H,4-7,10,19H2,1H3. The van der Waals surface area contributed by atoms with E-state index in [9.17, 15) is 4.79 Å². The van der Waals surface area contributed by atoms with Crippen LogP contribution in [-0.4, -0.2) is 41.7 Å². The maximum Gasteiger partial charge on any atom is 0.273 e. The van der Waals surface area contributed by atoms with Gasteiger partial charge in [0.2, 0.25) is 6.79 Å². The molecule has 132 valence electrons. The molecule has 2 N–H and O–H groups in total. The number of piperidine rings is 1. The first-order chi connectivity index (χ1) is 12.1. The van der Waals surface area contributed by atoms with E-state index in [1.54, 1.807) is 0 Å². The molecule has 1 saturated heterocycles. The summed E-state index contributed by atoms with van der Waals surface area (Å²) in [5, 5.41) is 2.65. The van der Waals surface area contributed by atoms with Gasteiger partial charge in [-0.05, 0) is 43.9 Å². The van der Waals surface area contributed by atoms with E-state index in [1.165, 1.54) is 11.3 Å². The molecule has 1 fully saturated rings. The van der Waals surface area contributed by atoms with Gasteiger partial charge in [0.1, 0.15) is 10.7 Å². The molecule has 0 bridgehead atoms. The zero-order valence-electron chi connectivity index (χ0n) is 14.1. The summed E-state index contributed by atoms with van der Waals surface area (Å²) in [6, 6.07) is 5.91. The van der Waals surface area contributed by atoms with Crippen molar-refractivity contribution in [1.82, 2.24) is 9.88 Å². The summed E-state index contributed by atoms with van der Waals surface area (Å²) in [7, 11) is 0. The summed E-state index contributed by atoms with van der Waals surface area (Å²) < 4.78 is 10.7. The summed E-state index contributed by atoms with van der Waals surface area (Å²) in [5.41, 5.74) is 7.42. The quantitative estimate of drug-likeness (QED) is 0.912. The molecule has 7 heteroatoms. The lowest BCUT2D eigenvalue weighted by atomic mass is 9.91. The maximum absolute atomic E-state index is 12.7. The molecule has 1 unspecified atom stereocenters. The molecule has 1 aromatic carbocycles. The van der Waals surface area contributed by atoms with Crippen molar-refractivity contribution in [3.05, 3.63) is 29.3 Å². The van der Waals surface area contributed by atoms with E-state index in [4.69, 9.17) is 15.2 Å². The molecule has 0 saturated carbocycles. The minimum atomic E-state index is 0.00590. The van der Waals surface area contributed by atoms with Crippen LogP contribution in [0.3, 0.4) is 0 Å². The first-order valence-electron chi connectivity index (χ1n) is 8.52. The number of carbonyl (C=O) groups is 1. The van der Waals surface area contributed by atoms with E-state index in [2.05, 4.69) is 4.98 Å². The average Bonchev–Trinajstić information content (AvgIpc) is 3.29. The lowest BCUT2D eigenvalue weighted by molar-refractivity contribution is 0.0676. The molecule has 0 spiro atoms. The van der Waals surface area contributed by atoms with E-state index in [-0.39, 0.29) is 18.7 Å². The number of nitrogens with zero attached hydrogens (tertiary/aromatic N) is 2. The van der Waals surface area contributed by atoms with Crippen LogP contribution in [0.15, 0.2) is 23.6 Å². The smallest absolute Gasteiger partial charge is 0.273 e. The molecule has 3 heterocycles. The summed E-state index contributed by atoms with van der Waals surface area (Å²) in [6.07, 6.45) is 1.92. The minimum Gasteiger partial charge on any atom is -0.454 e. The van der Waals surface area contributed by atoms with Crippen molar-refractivity contribution in [3.8, 4) is 22.1 Å². The molecule has 4 rings (SSSR count). The third-order valence-corrected chi connectivity index (χ3v) is 5.80. The Kier molecular flexibility index (Phi) is 4.35. The van der Waals surface area contributed by atoms with Gasteiger partial charge in [0, 0.05) is 30.1 Å². The summed E-state index contributed by atoms with van der Waals surface area (Å²) in [4.78, 5) is 19.1. The van der Waals surface area contributed by atoms with Crippen molar-refractivity contribution in [1.29, 1.82) is 0 Å². The predicted octanol–water partition coefficient (Wildman–Crippen LogP) is 2.74. The number of benzene rings is 1. The second kappa shape index (κ2) is 6.65. The molecular formula is C18H21N3O3S. The molecule has 25 heavy (non-hydrogen) atoms. The van der Waals surface area contributed by atoms with Gasteiger partial charge in [0.05, 0.1) is 0 Å². The zero-order valence-corrected chi connectivity index (χ0v) is 14.9. The molecule has 0 radical (unpaired) electrons. The molecular weight excluding hydrogens is 338 g/mol. The summed E-state index contributed by atoms with van der Waals surface area (Å²) in [5.74, 6) is 1.97. The van der Waals surface area contributed by atoms with Crippen LogP contribution in [0.2, 0.25) is 0 Å². The predicted molar refractivity (Wildman–Crippen MR) is 95.9 cm³/mol. The number of aromatic nitrogens is 1. The monoisotopic (exact) mass is 359 g/mol. The molecule has 2 aliphatic heterocycles. The van der Waals surface area contributed by atoms with E-state index >= 15 is 0 Å². The highest BCUT2D eigenvalue weighted by molar-refractivity contribution is 7.13. The van der Waals surface area contributed by atoms with Crippen molar-refractivity contribution in [2.75, 3.05) is 19.9 Å². The van der Waals surface area contributed by atoms with E-state index in [0.29, 0.717) is 11.6 Å². The number of fused-ring (bicyclic) bond motifs is 1. The second-order valence-electron chi connectivity index (χ2n) is 6.59. The number of carbonyl (C=O) groups excluding carboxylic acids is 1. The number of ether oxygens (including phenoxy) is 2. The van der Waals surface area contributed by atoms with Crippen molar-refractivity contribution in [2.24, 2.45) is 11.7 Å². The summed E-state index contributed by atoms with van der Waals surface area (Å²) >= 11 is 1.47. The molecule has 2 aliphatic rings. The Morgan fingerprint density at radius 1 is 1.32 bits per heavy atom. The summed E-state index contributed by atoms with van der Waals surface area (Å²) in [6.45, 7) is 3.79. The fourth-order valence-corrected chi connectivity index (χ4v) is 4.12. The van der Waals surface area contributed by atoms with Gasteiger partial charge in [0.15, 0.2) is 11.5 Å². The SMILES string of the molecule is CC(N)C1CCN(C(=O)c2csc(-c3ccc4c(c3)OCO4)n2)CC1. The highest BCUT2D eigenvalue weighted by atomic mass is 32.1. The normalized spacial score (nSPS) is 18.4. The van der Waals surface area contributed by atoms with Crippen LogP contribution >= 0.6 is 11.3 Å². The Bertz CT molecular complexity index is 782. The number of nitrogens with two attached hydrogens (primary N) is 1. The maximum atomic E-state index is 12.7. The number of hydrogen-bond donors (Lipinski definition) is 1. The van der Waals surface area contributed by atoms with Crippen LogP contribution in [0.5, 0.6) is 11.5 Å². The lowest BCUT2D eigenvalue weighted by Gasteiger charge is -2.33. The van der Waals surface area contributed by atoms with Crippen molar-refractivity contribution >= 4 is 17.2 Å². The van der Waals surface area contributed by atoms with Crippen LogP contribution in [0, 0.1) is 5.92 Å². The van der Waals surface area contributed by atoms with Crippen molar-refractivity contribution < 1.29 is 14.3 Å². The molecule has 1 amide bonds. The molecule has 1 atom stereocenters. The largest absolute Gasteiger partial charge is 0.454 e. The van der Waals surface area contributed by atoms with E-state index < -0.39 is 0 Å². The molecule has 0 aliphatic carbocycles. The van der Waals surface area contributed by atoms with Crippen molar-refractivity contribution in [2.45, 2.75) is 25.8 Å². The number of thiazole rings is 1. The Balaban J connectivity index is 1.47. The van der Waals surface area contributed by atoms with Gasteiger partial charge in [-0.1, -0.05) is 0 Å². The van der Waals surface area contributed by atoms with Gasteiger partial charge in [-0.3, -0.25) is 4.79 Å². The second-order valence-corrected chi connectivity index (χ2v) is 7.45. The Labute approximate surface area is 150 Å². The Morgan fingerprint density at radius 3 is 2.84 bits per heavy atom. The van der Waals surface area contributed by atoms with Gasteiger partial charge < -0.3 is 20.1 Å². The van der Waals surface area contributed by atoms with Gasteiger partial charge in [-0.25, -0.2) is 4.98 Å². The lowest BCUT2D eigenvalue weighted by Crippen LogP contribution is -2.42. The number of likely N-dealkylation sites (tertiary alicyclic amines) is 1. The van der Waals surface area contributed by atoms with Crippen LogP contribution in [0.4, 0.5) is 0 Å². The fourth-order valence-electron chi connectivity index (χ4n) is 3.32. The van der Waals surface area contributed by atoms with Crippen LogP contribution < -0.4 is 15.2 Å². The van der Waals surface area contributed by atoms with Gasteiger partial charge in [0.25, 0.3) is 5.91 Å². The first kappa shape index (κ1) is 16.4.